The van der Waals surface area contributed by atoms with Crippen molar-refractivity contribution in [3.8, 4) is 5.75 Å². The first-order valence-electron chi connectivity index (χ1n) is 4.97. The Labute approximate surface area is 83.7 Å². The Morgan fingerprint density at radius 3 is 2.86 bits per heavy atom. The summed E-state index contributed by atoms with van der Waals surface area (Å²) in [5.74, 6) is 1.61. The monoisotopic (exact) mass is 193 g/mol. The molecule has 1 aromatic rings. The molecule has 4 nitrogen and oxygen atoms in total. The standard InChI is InChI=1S/C10H15N3O/c1-14-9-6-12-10(13-7-9)5-8-3-2-4-11-8/h6-8,11H,2-5H2,1H3. The predicted octanol–water partition coefficient (Wildman–Crippen LogP) is 0.780. The number of methoxy groups -OCH3 is 1. The number of aromatic nitrogens is 2. The van der Waals surface area contributed by atoms with Crippen molar-refractivity contribution in [2.45, 2.75) is 25.3 Å². The third-order valence-corrected chi connectivity index (χ3v) is 2.51. The van der Waals surface area contributed by atoms with Gasteiger partial charge in [0.25, 0.3) is 0 Å². The highest BCUT2D eigenvalue weighted by atomic mass is 16.5. The van der Waals surface area contributed by atoms with Gasteiger partial charge in [-0.05, 0) is 19.4 Å². The van der Waals surface area contributed by atoms with E-state index in [1.165, 1.54) is 12.8 Å². The Bertz CT molecular complexity index is 280. The second-order valence-corrected chi connectivity index (χ2v) is 3.54. The van der Waals surface area contributed by atoms with Gasteiger partial charge < -0.3 is 10.1 Å². The summed E-state index contributed by atoms with van der Waals surface area (Å²) in [6.07, 6.45) is 6.86. The van der Waals surface area contributed by atoms with Gasteiger partial charge in [-0.1, -0.05) is 0 Å². The van der Waals surface area contributed by atoms with Gasteiger partial charge in [-0.25, -0.2) is 9.97 Å². The molecule has 1 aliphatic heterocycles. The molecule has 4 heteroatoms. The summed E-state index contributed by atoms with van der Waals surface area (Å²) < 4.78 is 5.00. The van der Waals surface area contributed by atoms with Crippen LogP contribution in [0.1, 0.15) is 18.7 Å². The number of ether oxygens (including phenoxy) is 1. The highest BCUT2D eigenvalue weighted by Gasteiger charge is 2.15. The SMILES string of the molecule is COc1cnc(CC2CCCN2)nc1. The first-order chi connectivity index (χ1) is 6.88. The maximum Gasteiger partial charge on any atom is 0.155 e. The van der Waals surface area contributed by atoms with Crippen LogP contribution in [0.25, 0.3) is 0 Å². The predicted molar refractivity (Wildman–Crippen MR) is 53.3 cm³/mol. The molecule has 2 heterocycles. The zero-order chi connectivity index (χ0) is 9.80. The molecule has 0 amide bonds. The molecule has 0 bridgehead atoms. The Morgan fingerprint density at radius 1 is 1.50 bits per heavy atom. The van der Waals surface area contributed by atoms with Crippen molar-refractivity contribution in [2.24, 2.45) is 0 Å². The van der Waals surface area contributed by atoms with E-state index in [9.17, 15) is 0 Å². The fraction of sp³-hybridized carbons (Fsp3) is 0.600. The van der Waals surface area contributed by atoms with Crippen molar-refractivity contribution in [2.75, 3.05) is 13.7 Å². The first-order valence-corrected chi connectivity index (χ1v) is 4.97. The van der Waals surface area contributed by atoms with Gasteiger partial charge >= 0.3 is 0 Å². The third-order valence-electron chi connectivity index (χ3n) is 2.51. The lowest BCUT2D eigenvalue weighted by atomic mass is 10.1. The number of nitrogens with one attached hydrogen (secondary N) is 1. The molecule has 1 fully saturated rings. The van der Waals surface area contributed by atoms with Gasteiger partial charge in [-0.15, -0.1) is 0 Å². The van der Waals surface area contributed by atoms with Crippen molar-refractivity contribution in [3.63, 3.8) is 0 Å². The lowest BCUT2D eigenvalue weighted by Gasteiger charge is -2.08. The average Bonchev–Trinajstić information content (AvgIpc) is 2.72. The van der Waals surface area contributed by atoms with E-state index in [1.807, 2.05) is 0 Å². The third kappa shape index (κ3) is 2.20. The minimum absolute atomic E-state index is 0.559. The van der Waals surface area contributed by atoms with Crippen molar-refractivity contribution in [1.29, 1.82) is 0 Å². The van der Waals surface area contributed by atoms with Crippen LogP contribution in [0.3, 0.4) is 0 Å². The number of hydrogen-bond donors (Lipinski definition) is 1. The van der Waals surface area contributed by atoms with Gasteiger partial charge in [0.2, 0.25) is 0 Å². The molecular weight excluding hydrogens is 178 g/mol. The minimum Gasteiger partial charge on any atom is -0.494 e. The fourth-order valence-electron chi connectivity index (χ4n) is 1.71. The molecule has 0 spiro atoms. The molecule has 2 rings (SSSR count). The van der Waals surface area contributed by atoms with Crippen LogP contribution in [0.4, 0.5) is 0 Å². The van der Waals surface area contributed by atoms with E-state index < -0.39 is 0 Å². The molecule has 1 unspecified atom stereocenters. The molecule has 1 N–H and O–H groups in total. The lowest BCUT2D eigenvalue weighted by molar-refractivity contribution is 0.409. The van der Waals surface area contributed by atoms with E-state index in [0.717, 1.165) is 18.8 Å². The van der Waals surface area contributed by atoms with E-state index in [2.05, 4.69) is 15.3 Å². The average molecular weight is 193 g/mol. The molecular formula is C10H15N3O. The summed E-state index contributed by atoms with van der Waals surface area (Å²) in [6, 6.07) is 0.559. The van der Waals surface area contributed by atoms with Crippen molar-refractivity contribution >= 4 is 0 Å². The summed E-state index contributed by atoms with van der Waals surface area (Å²) in [5, 5.41) is 3.42. The van der Waals surface area contributed by atoms with Crippen molar-refractivity contribution < 1.29 is 4.74 Å². The number of rotatable bonds is 3. The Morgan fingerprint density at radius 2 is 2.29 bits per heavy atom. The van der Waals surface area contributed by atoms with Gasteiger partial charge in [0.15, 0.2) is 5.75 Å². The number of hydrogen-bond acceptors (Lipinski definition) is 4. The second kappa shape index (κ2) is 4.37. The van der Waals surface area contributed by atoms with E-state index in [4.69, 9.17) is 4.74 Å². The minimum atomic E-state index is 0.559. The molecule has 1 aliphatic rings. The van der Waals surface area contributed by atoms with Crippen LogP contribution in [0, 0.1) is 0 Å². The zero-order valence-electron chi connectivity index (χ0n) is 8.36. The van der Waals surface area contributed by atoms with Crippen LogP contribution < -0.4 is 10.1 Å². The van der Waals surface area contributed by atoms with Crippen LogP contribution in [0.15, 0.2) is 12.4 Å². The van der Waals surface area contributed by atoms with Crippen LogP contribution in [0.5, 0.6) is 5.75 Å². The molecule has 14 heavy (non-hydrogen) atoms. The largest absolute Gasteiger partial charge is 0.494 e. The highest BCUT2D eigenvalue weighted by molar-refractivity contribution is 5.12. The fourth-order valence-corrected chi connectivity index (χ4v) is 1.71. The Hall–Kier alpha value is -1.16. The topological polar surface area (TPSA) is 47.0 Å². The van der Waals surface area contributed by atoms with Crippen LogP contribution >= 0.6 is 0 Å². The van der Waals surface area contributed by atoms with Gasteiger partial charge in [0.1, 0.15) is 5.82 Å². The molecule has 1 saturated heterocycles. The van der Waals surface area contributed by atoms with Gasteiger partial charge in [-0.2, -0.15) is 0 Å². The van der Waals surface area contributed by atoms with Crippen LogP contribution in [-0.4, -0.2) is 29.7 Å². The van der Waals surface area contributed by atoms with Crippen molar-refractivity contribution in [1.82, 2.24) is 15.3 Å². The van der Waals surface area contributed by atoms with E-state index in [1.54, 1.807) is 19.5 Å². The second-order valence-electron chi connectivity index (χ2n) is 3.54. The van der Waals surface area contributed by atoms with E-state index in [0.29, 0.717) is 11.8 Å². The smallest absolute Gasteiger partial charge is 0.155 e. The van der Waals surface area contributed by atoms with Gasteiger partial charge in [-0.3, -0.25) is 0 Å². The molecule has 0 aliphatic carbocycles. The summed E-state index contributed by atoms with van der Waals surface area (Å²) in [6.45, 7) is 1.13. The highest BCUT2D eigenvalue weighted by Crippen LogP contribution is 2.10. The maximum absolute atomic E-state index is 5.00. The Kier molecular flexibility index (Phi) is 2.93. The molecule has 0 radical (unpaired) electrons. The molecule has 1 aromatic heterocycles. The number of nitrogens with zero attached hydrogens (tertiary/aromatic N) is 2. The Balaban J connectivity index is 1.95. The van der Waals surface area contributed by atoms with Gasteiger partial charge in [0.05, 0.1) is 19.5 Å². The van der Waals surface area contributed by atoms with E-state index >= 15 is 0 Å². The normalized spacial score (nSPS) is 21.1. The zero-order valence-corrected chi connectivity index (χ0v) is 8.36. The summed E-state index contributed by atoms with van der Waals surface area (Å²) in [5.41, 5.74) is 0. The van der Waals surface area contributed by atoms with Gasteiger partial charge in [0, 0.05) is 12.5 Å². The molecule has 76 valence electrons. The van der Waals surface area contributed by atoms with Crippen LogP contribution in [-0.2, 0) is 6.42 Å². The summed E-state index contributed by atoms with van der Waals surface area (Å²) in [7, 11) is 1.62. The quantitative estimate of drug-likeness (QED) is 0.770. The van der Waals surface area contributed by atoms with E-state index in [-0.39, 0.29) is 0 Å². The molecule has 0 saturated carbocycles. The summed E-state index contributed by atoms with van der Waals surface area (Å²) >= 11 is 0. The first kappa shape index (κ1) is 9.40. The van der Waals surface area contributed by atoms with Crippen molar-refractivity contribution in [3.05, 3.63) is 18.2 Å². The summed E-state index contributed by atoms with van der Waals surface area (Å²) in [4.78, 5) is 8.47. The molecule has 0 aromatic carbocycles. The maximum atomic E-state index is 5.00. The lowest BCUT2D eigenvalue weighted by Crippen LogP contribution is -2.24. The molecule has 1 atom stereocenters. The van der Waals surface area contributed by atoms with Crippen LogP contribution in [0.2, 0.25) is 0 Å².